The Kier molecular flexibility index (Phi) is 5.25. The van der Waals surface area contributed by atoms with Crippen molar-refractivity contribution < 1.29 is 28.0 Å². The third-order valence-electron chi connectivity index (χ3n) is 2.89. The number of nitro benzene ring substituents is 1. The van der Waals surface area contributed by atoms with Gasteiger partial charge in [0, 0.05) is 6.07 Å². The van der Waals surface area contributed by atoms with Gasteiger partial charge < -0.3 is 9.84 Å². The van der Waals surface area contributed by atoms with Gasteiger partial charge in [-0.3, -0.25) is 14.9 Å². The van der Waals surface area contributed by atoms with Crippen LogP contribution in [-0.2, 0) is 20.4 Å². The van der Waals surface area contributed by atoms with Crippen molar-refractivity contribution in [3.05, 3.63) is 33.9 Å². The maximum atomic E-state index is 12.0. The molecule has 9 heteroatoms. The number of benzene rings is 1. The number of aliphatic carboxylic acids is 1. The number of rotatable bonds is 7. The van der Waals surface area contributed by atoms with Crippen molar-refractivity contribution in [2.45, 2.75) is 24.3 Å². The van der Waals surface area contributed by atoms with E-state index in [-0.39, 0.29) is 23.4 Å². The zero-order valence-corrected chi connectivity index (χ0v) is 12.3. The Morgan fingerprint density at radius 2 is 2.10 bits per heavy atom. The van der Waals surface area contributed by atoms with Crippen LogP contribution < -0.4 is 4.74 Å². The summed E-state index contributed by atoms with van der Waals surface area (Å²) >= 11 is 0. The average molecular weight is 317 g/mol. The minimum atomic E-state index is -3.95. The number of methoxy groups -OCH3 is 1. The van der Waals surface area contributed by atoms with Gasteiger partial charge >= 0.3 is 11.7 Å². The van der Waals surface area contributed by atoms with Crippen LogP contribution in [0.25, 0.3) is 0 Å². The molecule has 0 heterocycles. The second kappa shape index (κ2) is 6.53. The van der Waals surface area contributed by atoms with Gasteiger partial charge in [-0.2, -0.15) is 0 Å². The summed E-state index contributed by atoms with van der Waals surface area (Å²) in [6, 6.07) is 3.72. The third-order valence-corrected chi connectivity index (χ3v) is 5.03. The molecule has 0 aliphatic carbocycles. The molecule has 0 amide bonds. The highest BCUT2D eigenvalue weighted by Gasteiger charge is 2.31. The fraction of sp³-hybridized carbons (Fsp3) is 0.417. The molecule has 1 N–H and O–H groups in total. The van der Waals surface area contributed by atoms with Gasteiger partial charge in [-0.25, -0.2) is 8.42 Å². The van der Waals surface area contributed by atoms with E-state index in [0.717, 1.165) is 6.07 Å². The van der Waals surface area contributed by atoms with Crippen LogP contribution in [0.5, 0.6) is 5.75 Å². The largest absolute Gasteiger partial charge is 0.490 e. The SMILES string of the molecule is CCC(C(=O)O)S(=O)(=O)Cc1ccc(OC)c([N+](=O)[O-])c1. The first-order valence-electron chi connectivity index (χ1n) is 5.98. The van der Waals surface area contributed by atoms with Crippen LogP contribution in [0.1, 0.15) is 18.9 Å². The van der Waals surface area contributed by atoms with Crippen LogP contribution in [0.4, 0.5) is 5.69 Å². The van der Waals surface area contributed by atoms with Gasteiger partial charge in [-0.15, -0.1) is 0 Å². The summed E-state index contributed by atoms with van der Waals surface area (Å²) in [6.45, 7) is 1.45. The Morgan fingerprint density at radius 3 is 2.52 bits per heavy atom. The molecule has 0 bridgehead atoms. The number of carboxylic acid groups (broad SMARTS) is 1. The predicted molar refractivity (Wildman–Crippen MR) is 74.0 cm³/mol. The van der Waals surface area contributed by atoms with E-state index >= 15 is 0 Å². The molecule has 0 fully saturated rings. The smallest absolute Gasteiger partial charge is 0.321 e. The molecular weight excluding hydrogens is 302 g/mol. The van der Waals surface area contributed by atoms with Crippen molar-refractivity contribution in [2.75, 3.05) is 7.11 Å². The number of ether oxygens (including phenoxy) is 1. The highest BCUT2D eigenvalue weighted by molar-refractivity contribution is 7.92. The van der Waals surface area contributed by atoms with Crippen molar-refractivity contribution in [1.82, 2.24) is 0 Å². The molecular formula is C12H15NO7S. The Balaban J connectivity index is 3.16. The summed E-state index contributed by atoms with van der Waals surface area (Å²) in [6.07, 6.45) is -0.0735. The summed E-state index contributed by atoms with van der Waals surface area (Å²) in [4.78, 5) is 21.1. The second-order valence-corrected chi connectivity index (χ2v) is 6.49. The van der Waals surface area contributed by atoms with Crippen LogP contribution in [0.3, 0.4) is 0 Å². The van der Waals surface area contributed by atoms with Gasteiger partial charge in [0.2, 0.25) is 0 Å². The van der Waals surface area contributed by atoms with Gasteiger partial charge in [-0.1, -0.05) is 13.0 Å². The molecule has 0 aromatic heterocycles. The van der Waals surface area contributed by atoms with Gasteiger partial charge in [0.15, 0.2) is 20.8 Å². The van der Waals surface area contributed by atoms with E-state index in [1.165, 1.54) is 26.2 Å². The van der Waals surface area contributed by atoms with E-state index in [9.17, 15) is 23.3 Å². The minimum absolute atomic E-state index is 0.00595. The maximum absolute atomic E-state index is 12.0. The highest BCUT2D eigenvalue weighted by atomic mass is 32.2. The van der Waals surface area contributed by atoms with Crippen molar-refractivity contribution >= 4 is 21.5 Å². The maximum Gasteiger partial charge on any atom is 0.321 e. The zero-order valence-electron chi connectivity index (χ0n) is 11.5. The molecule has 0 spiro atoms. The Labute approximate surface area is 121 Å². The normalized spacial score (nSPS) is 12.7. The number of hydrogen-bond acceptors (Lipinski definition) is 6. The van der Waals surface area contributed by atoms with Crippen LogP contribution >= 0.6 is 0 Å². The van der Waals surface area contributed by atoms with Crippen LogP contribution in [-0.4, -0.2) is 36.8 Å². The lowest BCUT2D eigenvalue weighted by atomic mass is 10.2. The summed E-state index contributed by atoms with van der Waals surface area (Å²) in [5, 5.41) is 18.3. The molecule has 1 aromatic rings. The van der Waals surface area contributed by atoms with Gasteiger partial charge in [-0.05, 0) is 18.1 Å². The molecule has 1 aromatic carbocycles. The standard InChI is InChI=1S/C12H15NO7S/c1-3-11(12(14)15)21(18,19)7-8-4-5-10(20-2)9(6-8)13(16)17/h4-6,11H,3,7H2,1-2H3,(H,14,15). The Bertz CT molecular complexity index is 654. The van der Waals surface area contributed by atoms with Crippen molar-refractivity contribution in [2.24, 2.45) is 0 Å². The first-order valence-corrected chi connectivity index (χ1v) is 7.70. The Hall–Kier alpha value is -2.16. The second-order valence-electron chi connectivity index (χ2n) is 4.31. The summed E-state index contributed by atoms with van der Waals surface area (Å²) < 4.78 is 28.9. The number of sulfone groups is 1. The number of nitrogens with zero attached hydrogens (tertiary/aromatic N) is 1. The summed E-state index contributed by atoms with van der Waals surface area (Å²) in [7, 11) is -2.69. The lowest BCUT2D eigenvalue weighted by molar-refractivity contribution is -0.385. The van der Waals surface area contributed by atoms with E-state index < -0.39 is 31.7 Å². The van der Waals surface area contributed by atoms with Crippen molar-refractivity contribution in [3.63, 3.8) is 0 Å². The third kappa shape index (κ3) is 3.91. The molecule has 0 saturated carbocycles. The number of hydrogen-bond donors (Lipinski definition) is 1. The molecule has 0 aliphatic rings. The lowest BCUT2D eigenvalue weighted by Crippen LogP contribution is -2.30. The summed E-state index contributed by atoms with van der Waals surface area (Å²) in [5.41, 5.74) is -0.226. The average Bonchev–Trinajstić information content (AvgIpc) is 2.37. The van der Waals surface area contributed by atoms with Crippen LogP contribution in [0, 0.1) is 10.1 Å². The van der Waals surface area contributed by atoms with Crippen molar-refractivity contribution in [3.8, 4) is 5.75 Å². The van der Waals surface area contributed by atoms with E-state index in [4.69, 9.17) is 9.84 Å². The molecule has 21 heavy (non-hydrogen) atoms. The molecule has 1 rings (SSSR count). The highest BCUT2D eigenvalue weighted by Crippen LogP contribution is 2.28. The molecule has 1 unspecified atom stereocenters. The molecule has 1 atom stereocenters. The van der Waals surface area contributed by atoms with Crippen LogP contribution in [0.15, 0.2) is 18.2 Å². The first kappa shape index (κ1) is 16.9. The topological polar surface area (TPSA) is 124 Å². The molecule has 116 valence electrons. The van der Waals surface area contributed by atoms with Gasteiger partial charge in [0.05, 0.1) is 17.8 Å². The summed E-state index contributed by atoms with van der Waals surface area (Å²) in [5.74, 6) is -2.00. The molecule has 0 radical (unpaired) electrons. The molecule has 0 saturated heterocycles. The molecule has 0 aliphatic heterocycles. The minimum Gasteiger partial charge on any atom is -0.490 e. The number of carbonyl (C=O) groups is 1. The van der Waals surface area contributed by atoms with E-state index in [1.807, 2.05) is 0 Å². The van der Waals surface area contributed by atoms with Crippen LogP contribution in [0.2, 0.25) is 0 Å². The van der Waals surface area contributed by atoms with E-state index in [0.29, 0.717) is 0 Å². The monoisotopic (exact) mass is 317 g/mol. The predicted octanol–water partition coefficient (Wildman–Crippen LogP) is 1.38. The zero-order chi connectivity index (χ0) is 16.2. The Morgan fingerprint density at radius 1 is 1.48 bits per heavy atom. The first-order chi connectivity index (χ1) is 9.72. The fourth-order valence-corrected chi connectivity index (χ4v) is 3.54. The molecule has 8 nitrogen and oxygen atoms in total. The van der Waals surface area contributed by atoms with Gasteiger partial charge in [0.1, 0.15) is 0 Å². The van der Waals surface area contributed by atoms with E-state index in [1.54, 1.807) is 0 Å². The van der Waals surface area contributed by atoms with Crippen molar-refractivity contribution in [1.29, 1.82) is 0 Å². The quantitative estimate of drug-likeness (QED) is 0.595. The van der Waals surface area contributed by atoms with Gasteiger partial charge in [0.25, 0.3) is 0 Å². The lowest BCUT2D eigenvalue weighted by Gasteiger charge is -2.11. The number of nitro groups is 1. The number of carboxylic acids is 1. The fourth-order valence-electron chi connectivity index (χ4n) is 1.88. The van der Waals surface area contributed by atoms with E-state index in [2.05, 4.69) is 0 Å².